The van der Waals surface area contributed by atoms with E-state index in [1.165, 1.54) is 42.5 Å². The van der Waals surface area contributed by atoms with Crippen molar-refractivity contribution in [2.75, 3.05) is 5.32 Å². The Kier molecular flexibility index (Phi) is 5.89. The Labute approximate surface area is 165 Å². The van der Waals surface area contributed by atoms with Crippen LogP contribution in [0.2, 0.25) is 0 Å². The Morgan fingerprint density at radius 1 is 0.931 bits per heavy atom. The van der Waals surface area contributed by atoms with Crippen molar-refractivity contribution >= 4 is 29.1 Å². The molecular formula is C22H15FN2O4. The molecule has 3 aromatic rings. The van der Waals surface area contributed by atoms with Gasteiger partial charge in [0.15, 0.2) is 5.78 Å². The number of hydrogen-bond donors (Lipinski definition) is 1. The zero-order chi connectivity index (χ0) is 20.8. The normalized spacial score (nSPS) is 10.7. The fourth-order valence-electron chi connectivity index (χ4n) is 2.52. The standard InChI is InChI=1S/C22H15FN2O4/c23-18-9-4-15(5-10-18)6-13-21(26)16-7-11-19(12-8-16)24-22(27)17-2-1-3-20(14-17)25(28)29/h1-14H,(H,24,27)/b13-6+. The van der Waals surface area contributed by atoms with Gasteiger partial charge in [-0.1, -0.05) is 24.3 Å². The topological polar surface area (TPSA) is 89.3 Å². The van der Waals surface area contributed by atoms with Crippen LogP contribution in [0.1, 0.15) is 26.3 Å². The number of halogens is 1. The lowest BCUT2D eigenvalue weighted by Crippen LogP contribution is -2.12. The first-order valence-corrected chi connectivity index (χ1v) is 8.56. The van der Waals surface area contributed by atoms with Gasteiger partial charge >= 0.3 is 0 Å². The molecule has 0 saturated carbocycles. The average Bonchev–Trinajstić information content (AvgIpc) is 2.73. The number of nitrogens with one attached hydrogen (secondary N) is 1. The summed E-state index contributed by atoms with van der Waals surface area (Å²) in [4.78, 5) is 34.7. The van der Waals surface area contributed by atoms with Gasteiger partial charge in [0.05, 0.1) is 4.92 Å². The summed E-state index contributed by atoms with van der Waals surface area (Å²) < 4.78 is 12.9. The minimum Gasteiger partial charge on any atom is -0.322 e. The van der Waals surface area contributed by atoms with Gasteiger partial charge in [-0.05, 0) is 54.1 Å². The molecule has 1 N–H and O–H groups in total. The van der Waals surface area contributed by atoms with Gasteiger partial charge in [0, 0.05) is 28.9 Å². The number of hydrogen-bond acceptors (Lipinski definition) is 4. The Morgan fingerprint density at radius 3 is 2.28 bits per heavy atom. The molecule has 0 heterocycles. The van der Waals surface area contributed by atoms with Gasteiger partial charge in [0.25, 0.3) is 11.6 Å². The van der Waals surface area contributed by atoms with Gasteiger partial charge in [0.2, 0.25) is 0 Å². The molecule has 0 aliphatic heterocycles. The average molecular weight is 390 g/mol. The first-order valence-electron chi connectivity index (χ1n) is 8.56. The van der Waals surface area contributed by atoms with Crippen LogP contribution < -0.4 is 5.32 Å². The van der Waals surface area contributed by atoms with Crippen molar-refractivity contribution in [2.24, 2.45) is 0 Å². The number of benzene rings is 3. The Hall–Kier alpha value is -4.13. The van der Waals surface area contributed by atoms with Crippen molar-refractivity contribution < 1.29 is 18.9 Å². The van der Waals surface area contributed by atoms with Crippen LogP contribution >= 0.6 is 0 Å². The maximum atomic E-state index is 12.9. The number of nitrogens with zero attached hydrogens (tertiary/aromatic N) is 1. The zero-order valence-electron chi connectivity index (χ0n) is 15.0. The van der Waals surface area contributed by atoms with Gasteiger partial charge in [-0.2, -0.15) is 0 Å². The van der Waals surface area contributed by atoms with Crippen molar-refractivity contribution in [2.45, 2.75) is 0 Å². The molecule has 7 heteroatoms. The molecule has 6 nitrogen and oxygen atoms in total. The number of ketones is 1. The molecule has 1 amide bonds. The SMILES string of the molecule is O=C(/C=C/c1ccc(F)cc1)c1ccc(NC(=O)c2cccc([N+](=O)[O-])c2)cc1. The third kappa shape index (κ3) is 5.20. The summed E-state index contributed by atoms with van der Waals surface area (Å²) in [6, 6.07) is 17.4. The minimum atomic E-state index is -0.573. The van der Waals surface area contributed by atoms with E-state index in [1.807, 2.05) is 0 Å². The van der Waals surface area contributed by atoms with E-state index in [-0.39, 0.29) is 22.9 Å². The molecule has 0 aliphatic carbocycles. The maximum absolute atomic E-state index is 12.9. The number of carbonyl (C=O) groups is 2. The molecule has 0 saturated heterocycles. The Morgan fingerprint density at radius 2 is 1.62 bits per heavy atom. The lowest BCUT2D eigenvalue weighted by atomic mass is 10.1. The summed E-state index contributed by atoms with van der Waals surface area (Å²) in [6.07, 6.45) is 2.96. The van der Waals surface area contributed by atoms with Gasteiger partial charge in [-0.25, -0.2) is 4.39 Å². The molecule has 0 aliphatic rings. The van der Waals surface area contributed by atoms with E-state index < -0.39 is 10.8 Å². The number of rotatable bonds is 6. The van der Waals surface area contributed by atoms with E-state index in [0.717, 1.165) is 0 Å². The van der Waals surface area contributed by atoms with Gasteiger partial charge < -0.3 is 5.32 Å². The van der Waals surface area contributed by atoms with E-state index in [4.69, 9.17) is 0 Å². The summed E-state index contributed by atoms with van der Waals surface area (Å²) in [5, 5.41) is 13.4. The van der Waals surface area contributed by atoms with Crippen LogP contribution in [0.25, 0.3) is 6.08 Å². The first-order chi connectivity index (χ1) is 13.9. The molecule has 0 aromatic heterocycles. The summed E-state index contributed by atoms with van der Waals surface area (Å²) in [5.41, 5.74) is 1.53. The first kappa shape index (κ1) is 19.6. The van der Waals surface area contributed by atoms with Gasteiger partial charge in [-0.3, -0.25) is 19.7 Å². The summed E-state index contributed by atoms with van der Waals surface area (Å²) in [7, 11) is 0. The highest BCUT2D eigenvalue weighted by molar-refractivity contribution is 6.08. The lowest BCUT2D eigenvalue weighted by Gasteiger charge is -2.06. The molecule has 144 valence electrons. The number of anilines is 1. The number of allylic oxidation sites excluding steroid dienone is 1. The lowest BCUT2D eigenvalue weighted by molar-refractivity contribution is -0.384. The van der Waals surface area contributed by atoms with Crippen LogP contribution in [0, 0.1) is 15.9 Å². The molecular weight excluding hydrogens is 375 g/mol. The fourth-order valence-corrected chi connectivity index (χ4v) is 2.52. The predicted molar refractivity (Wildman–Crippen MR) is 107 cm³/mol. The monoisotopic (exact) mass is 390 g/mol. The number of non-ortho nitro benzene ring substituents is 1. The Balaban J connectivity index is 1.65. The zero-order valence-corrected chi connectivity index (χ0v) is 15.0. The van der Waals surface area contributed by atoms with Crippen molar-refractivity contribution in [3.05, 3.63) is 111 Å². The molecule has 0 fully saturated rings. The molecule has 3 aromatic carbocycles. The molecule has 0 radical (unpaired) electrons. The highest BCUT2D eigenvalue weighted by Gasteiger charge is 2.12. The van der Waals surface area contributed by atoms with Crippen LogP contribution in [0.5, 0.6) is 0 Å². The third-order valence-electron chi connectivity index (χ3n) is 4.04. The van der Waals surface area contributed by atoms with Crippen LogP contribution in [0.3, 0.4) is 0 Å². The summed E-state index contributed by atoms with van der Waals surface area (Å²) >= 11 is 0. The molecule has 0 atom stereocenters. The summed E-state index contributed by atoms with van der Waals surface area (Å²) in [6.45, 7) is 0. The van der Waals surface area contributed by atoms with Crippen LogP contribution in [0.15, 0.2) is 78.9 Å². The second kappa shape index (κ2) is 8.71. The third-order valence-corrected chi connectivity index (χ3v) is 4.04. The van der Waals surface area contributed by atoms with Crippen molar-refractivity contribution in [3.8, 4) is 0 Å². The second-order valence-electron chi connectivity index (χ2n) is 6.09. The summed E-state index contributed by atoms with van der Waals surface area (Å²) in [5.74, 6) is -1.09. The fraction of sp³-hybridized carbons (Fsp3) is 0. The van der Waals surface area contributed by atoms with Crippen molar-refractivity contribution in [1.82, 2.24) is 0 Å². The second-order valence-corrected chi connectivity index (χ2v) is 6.09. The van der Waals surface area contributed by atoms with Crippen LogP contribution in [-0.2, 0) is 0 Å². The smallest absolute Gasteiger partial charge is 0.270 e. The maximum Gasteiger partial charge on any atom is 0.270 e. The van der Waals surface area contributed by atoms with Crippen LogP contribution in [-0.4, -0.2) is 16.6 Å². The quantitative estimate of drug-likeness (QED) is 0.281. The molecule has 0 bridgehead atoms. The highest BCUT2D eigenvalue weighted by atomic mass is 19.1. The number of nitro groups is 1. The van der Waals surface area contributed by atoms with E-state index >= 15 is 0 Å². The van der Waals surface area contributed by atoms with Crippen LogP contribution in [0.4, 0.5) is 15.8 Å². The van der Waals surface area contributed by atoms with E-state index in [0.29, 0.717) is 16.8 Å². The molecule has 0 unspecified atom stereocenters. The molecule has 0 spiro atoms. The Bertz CT molecular complexity index is 1090. The van der Waals surface area contributed by atoms with Gasteiger partial charge in [0.1, 0.15) is 5.82 Å². The van der Waals surface area contributed by atoms with E-state index in [2.05, 4.69) is 5.32 Å². The largest absolute Gasteiger partial charge is 0.322 e. The molecule has 3 rings (SSSR count). The van der Waals surface area contributed by atoms with E-state index in [1.54, 1.807) is 42.5 Å². The van der Waals surface area contributed by atoms with Gasteiger partial charge in [-0.15, -0.1) is 0 Å². The highest BCUT2D eigenvalue weighted by Crippen LogP contribution is 2.16. The number of amides is 1. The molecule has 29 heavy (non-hydrogen) atoms. The van der Waals surface area contributed by atoms with E-state index in [9.17, 15) is 24.1 Å². The number of carbonyl (C=O) groups excluding carboxylic acids is 2. The predicted octanol–water partition coefficient (Wildman–Crippen LogP) is 4.88. The minimum absolute atomic E-state index is 0.154. The van der Waals surface area contributed by atoms with Crippen molar-refractivity contribution in [3.63, 3.8) is 0 Å². The number of nitro benzene ring substituents is 1. The van der Waals surface area contributed by atoms with Crippen molar-refractivity contribution in [1.29, 1.82) is 0 Å².